The van der Waals surface area contributed by atoms with Crippen LogP contribution in [-0.2, 0) is 4.79 Å². The fourth-order valence-corrected chi connectivity index (χ4v) is 2.81. The molecule has 148 valence electrons. The van der Waals surface area contributed by atoms with Crippen LogP contribution in [0.2, 0.25) is 5.02 Å². The van der Waals surface area contributed by atoms with Gasteiger partial charge in [0.1, 0.15) is 5.75 Å². The van der Waals surface area contributed by atoms with Crippen LogP contribution in [0.3, 0.4) is 0 Å². The van der Waals surface area contributed by atoms with Crippen LogP contribution in [0.4, 0.5) is 0 Å². The van der Waals surface area contributed by atoms with Crippen LogP contribution in [0, 0.1) is 0 Å². The van der Waals surface area contributed by atoms with Gasteiger partial charge in [-0.25, -0.2) is 10.2 Å². The Morgan fingerprint density at radius 2 is 1.93 bits per heavy atom. The van der Waals surface area contributed by atoms with E-state index in [0.717, 1.165) is 4.47 Å². The van der Waals surface area contributed by atoms with E-state index in [2.05, 4.69) is 26.5 Å². The average Bonchev–Trinajstić information content (AvgIpc) is 2.66. The summed E-state index contributed by atoms with van der Waals surface area (Å²) in [5.74, 6) is -0.870. The van der Waals surface area contributed by atoms with E-state index >= 15 is 0 Å². The predicted molar refractivity (Wildman–Crippen MR) is 107 cm³/mol. The molecule has 0 saturated heterocycles. The number of carbonyl (C=O) groups excluding carboxylic acids is 1. The molecule has 10 heteroatoms. The van der Waals surface area contributed by atoms with Crippen molar-refractivity contribution in [2.24, 2.45) is 5.10 Å². The van der Waals surface area contributed by atoms with Gasteiger partial charge in [-0.05, 0) is 35.9 Å². The number of carboxylic acid groups (broad SMARTS) is 1. The molecule has 0 unspecified atom stereocenters. The number of aliphatic carboxylic acids is 1. The summed E-state index contributed by atoms with van der Waals surface area (Å²) in [6, 6.07) is 8.05. The van der Waals surface area contributed by atoms with Gasteiger partial charge in [-0.1, -0.05) is 27.5 Å². The van der Waals surface area contributed by atoms with Gasteiger partial charge in [0, 0.05) is 4.47 Å². The third-order valence-electron chi connectivity index (χ3n) is 3.38. The van der Waals surface area contributed by atoms with Gasteiger partial charge in [-0.2, -0.15) is 5.10 Å². The second-order valence-electron chi connectivity index (χ2n) is 5.26. The van der Waals surface area contributed by atoms with E-state index < -0.39 is 18.5 Å². The van der Waals surface area contributed by atoms with Crippen LogP contribution >= 0.6 is 27.5 Å². The highest BCUT2D eigenvalue weighted by Gasteiger charge is 2.14. The van der Waals surface area contributed by atoms with E-state index in [1.54, 1.807) is 24.3 Å². The van der Waals surface area contributed by atoms with Gasteiger partial charge in [0.2, 0.25) is 0 Å². The molecule has 0 saturated carbocycles. The molecule has 2 aromatic carbocycles. The lowest BCUT2D eigenvalue weighted by Crippen LogP contribution is -2.18. The second-order valence-corrected chi connectivity index (χ2v) is 6.58. The van der Waals surface area contributed by atoms with Gasteiger partial charge in [0.05, 0.1) is 31.0 Å². The third-order valence-corrected chi connectivity index (χ3v) is 4.15. The van der Waals surface area contributed by atoms with Crippen LogP contribution in [0.1, 0.15) is 15.9 Å². The van der Waals surface area contributed by atoms with E-state index in [9.17, 15) is 9.59 Å². The summed E-state index contributed by atoms with van der Waals surface area (Å²) in [4.78, 5) is 23.0. The summed E-state index contributed by atoms with van der Waals surface area (Å²) in [6.07, 6.45) is 1.36. The fraction of sp³-hybridized carbons (Fsp3) is 0.167. The van der Waals surface area contributed by atoms with Crippen molar-refractivity contribution in [3.8, 4) is 17.2 Å². The van der Waals surface area contributed by atoms with Gasteiger partial charge < -0.3 is 19.3 Å². The van der Waals surface area contributed by atoms with E-state index in [1.807, 2.05) is 0 Å². The molecule has 0 fully saturated rings. The summed E-state index contributed by atoms with van der Waals surface area (Å²) < 4.78 is 16.2. The maximum atomic E-state index is 12.3. The number of nitrogens with one attached hydrogen (secondary N) is 1. The molecule has 8 nitrogen and oxygen atoms in total. The first kappa shape index (κ1) is 21.5. The maximum Gasteiger partial charge on any atom is 0.341 e. The molecule has 0 aliphatic carbocycles. The number of carboxylic acids is 1. The molecule has 0 aliphatic heterocycles. The Morgan fingerprint density at radius 3 is 2.57 bits per heavy atom. The highest BCUT2D eigenvalue weighted by Crippen LogP contribution is 2.36. The molecule has 0 radical (unpaired) electrons. The number of methoxy groups -OCH3 is 2. The number of hydrazone groups is 1. The van der Waals surface area contributed by atoms with Crippen LogP contribution in [0.25, 0.3) is 0 Å². The molecule has 0 aliphatic rings. The number of nitrogens with zero attached hydrogens (tertiary/aromatic N) is 1. The molecule has 2 rings (SSSR count). The van der Waals surface area contributed by atoms with Crippen molar-refractivity contribution in [2.75, 3.05) is 20.8 Å². The smallest absolute Gasteiger partial charge is 0.341 e. The molecule has 1 amide bonds. The molecule has 0 aromatic heterocycles. The summed E-state index contributed by atoms with van der Waals surface area (Å²) in [5.41, 5.74) is 3.21. The monoisotopic (exact) mass is 470 g/mol. The van der Waals surface area contributed by atoms with Gasteiger partial charge in [-0.15, -0.1) is 0 Å². The molecule has 0 atom stereocenters. The lowest BCUT2D eigenvalue weighted by molar-refractivity contribution is -0.139. The number of halogens is 2. The van der Waals surface area contributed by atoms with Crippen molar-refractivity contribution in [1.82, 2.24) is 5.43 Å². The first-order chi connectivity index (χ1) is 13.3. The zero-order valence-electron chi connectivity index (χ0n) is 14.9. The van der Waals surface area contributed by atoms with Crippen molar-refractivity contribution < 1.29 is 28.9 Å². The number of hydrogen-bond acceptors (Lipinski definition) is 6. The minimum atomic E-state index is -1.14. The Hall–Kier alpha value is -2.78. The molecule has 2 N–H and O–H groups in total. The van der Waals surface area contributed by atoms with E-state index in [0.29, 0.717) is 16.9 Å². The van der Waals surface area contributed by atoms with Crippen LogP contribution in [0.5, 0.6) is 17.2 Å². The molecule has 0 heterocycles. The third kappa shape index (κ3) is 5.61. The first-order valence-corrected chi connectivity index (χ1v) is 8.92. The Labute approximate surface area is 174 Å². The number of benzene rings is 2. The number of rotatable bonds is 8. The fourth-order valence-electron chi connectivity index (χ4n) is 2.17. The van der Waals surface area contributed by atoms with Crippen LogP contribution in [0.15, 0.2) is 39.9 Å². The van der Waals surface area contributed by atoms with Gasteiger partial charge in [0.25, 0.3) is 5.91 Å². The van der Waals surface area contributed by atoms with E-state index in [4.69, 9.17) is 30.9 Å². The summed E-state index contributed by atoms with van der Waals surface area (Å²) in [5, 5.41) is 12.8. The topological polar surface area (TPSA) is 106 Å². The lowest BCUT2D eigenvalue weighted by Gasteiger charge is -2.11. The second kappa shape index (κ2) is 9.95. The van der Waals surface area contributed by atoms with Gasteiger partial charge in [0.15, 0.2) is 18.1 Å². The maximum absolute atomic E-state index is 12.3. The predicted octanol–water partition coefficient (Wildman–Crippen LogP) is 3.35. The van der Waals surface area contributed by atoms with Crippen molar-refractivity contribution in [2.45, 2.75) is 0 Å². The molecule has 0 bridgehead atoms. The highest BCUT2D eigenvalue weighted by molar-refractivity contribution is 9.10. The van der Waals surface area contributed by atoms with Gasteiger partial charge >= 0.3 is 5.97 Å². The highest BCUT2D eigenvalue weighted by atomic mass is 79.9. The van der Waals surface area contributed by atoms with Crippen LogP contribution in [-0.4, -0.2) is 44.0 Å². The van der Waals surface area contributed by atoms with Crippen molar-refractivity contribution >= 4 is 45.6 Å². The number of amides is 1. The first-order valence-electron chi connectivity index (χ1n) is 7.74. The zero-order valence-corrected chi connectivity index (χ0v) is 17.2. The Balaban J connectivity index is 2.16. The van der Waals surface area contributed by atoms with E-state index in [-0.39, 0.29) is 16.5 Å². The largest absolute Gasteiger partial charge is 0.496 e. The molecular weight excluding hydrogens is 456 g/mol. The Bertz CT molecular complexity index is 919. The van der Waals surface area contributed by atoms with Crippen molar-refractivity contribution in [3.63, 3.8) is 0 Å². The normalized spacial score (nSPS) is 10.6. The molecular formula is C18H16BrClN2O6. The lowest BCUT2D eigenvalue weighted by atomic mass is 10.2. The number of hydrogen-bond donors (Lipinski definition) is 2. The zero-order chi connectivity index (χ0) is 20.7. The quantitative estimate of drug-likeness (QED) is 0.452. The van der Waals surface area contributed by atoms with Crippen molar-refractivity contribution in [3.05, 3.63) is 51.0 Å². The van der Waals surface area contributed by atoms with Gasteiger partial charge in [-0.3, -0.25) is 4.79 Å². The van der Waals surface area contributed by atoms with Crippen LogP contribution < -0.4 is 19.6 Å². The Morgan fingerprint density at radius 1 is 1.21 bits per heavy atom. The molecule has 2 aromatic rings. The molecule has 0 spiro atoms. The number of carbonyl (C=O) groups is 2. The van der Waals surface area contributed by atoms with Crippen molar-refractivity contribution in [1.29, 1.82) is 0 Å². The molecule has 28 heavy (non-hydrogen) atoms. The minimum absolute atomic E-state index is 0.103. The summed E-state index contributed by atoms with van der Waals surface area (Å²) >= 11 is 9.42. The summed E-state index contributed by atoms with van der Waals surface area (Å²) in [7, 11) is 2.85. The Kier molecular flexibility index (Phi) is 7.65. The number of ether oxygens (including phenoxy) is 3. The SMILES string of the molecule is COc1ccc(Br)cc1C(=O)N/N=C\c1cc(Cl)c(OCC(=O)O)c(OC)c1. The summed E-state index contributed by atoms with van der Waals surface area (Å²) in [6.45, 7) is -0.561. The minimum Gasteiger partial charge on any atom is -0.496 e. The average molecular weight is 472 g/mol. The standard InChI is InChI=1S/C18H16BrClN2O6/c1-26-14-4-3-11(19)7-12(14)18(25)22-21-8-10-5-13(20)17(15(6-10)27-2)28-9-16(23)24/h3-8H,9H2,1-2H3,(H,22,25)(H,23,24)/b21-8-. The van der Waals surface area contributed by atoms with E-state index in [1.165, 1.54) is 26.5 Å².